The van der Waals surface area contributed by atoms with Gasteiger partial charge in [-0.2, -0.15) is 0 Å². The molecule has 0 unspecified atom stereocenters. The van der Waals surface area contributed by atoms with E-state index in [9.17, 15) is 22.4 Å². The first kappa shape index (κ1) is 19.2. The van der Waals surface area contributed by atoms with Crippen molar-refractivity contribution in [2.45, 2.75) is 38.8 Å². The fourth-order valence-corrected chi connectivity index (χ4v) is 1.64. The van der Waals surface area contributed by atoms with Gasteiger partial charge in [0.05, 0.1) is 13.1 Å². The van der Waals surface area contributed by atoms with Gasteiger partial charge in [-0.15, -0.1) is 0 Å². The minimum absolute atomic E-state index is 0.0547. The van der Waals surface area contributed by atoms with Crippen LogP contribution in [0.15, 0.2) is 18.2 Å². The SMILES string of the molecule is CC(C)(C)OC(=O)NCC(F)(F)CNCc1cccc(F)c1F. The van der Waals surface area contributed by atoms with Crippen molar-refractivity contribution >= 4 is 6.09 Å². The van der Waals surface area contributed by atoms with Crippen LogP contribution < -0.4 is 10.6 Å². The number of hydrogen-bond acceptors (Lipinski definition) is 3. The Hall–Kier alpha value is -1.83. The van der Waals surface area contributed by atoms with Gasteiger partial charge in [0, 0.05) is 12.1 Å². The number of nitrogens with one attached hydrogen (secondary N) is 2. The van der Waals surface area contributed by atoms with Crippen LogP contribution in [0.1, 0.15) is 26.3 Å². The number of halogens is 4. The number of carbonyl (C=O) groups excluding carboxylic acids is 1. The Bertz CT molecular complexity index is 545. The van der Waals surface area contributed by atoms with Crippen molar-refractivity contribution < 1.29 is 27.1 Å². The molecule has 1 aromatic carbocycles. The number of ether oxygens (including phenoxy) is 1. The first-order valence-electron chi connectivity index (χ1n) is 6.98. The molecule has 0 aliphatic rings. The molecule has 1 rings (SSSR count). The molecule has 8 heteroatoms. The molecule has 0 fully saturated rings. The summed E-state index contributed by atoms with van der Waals surface area (Å²) in [4.78, 5) is 11.3. The average molecular weight is 336 g/mol. The maximum atomic E-state index is 13.6. The summed E-state index contributed by atoms with van der Waals surface area (Å²) in [6, 6.07) is 3.53. The molecule has 0 radical (unpaired) electrons. The predicted molar refractivity (Wildman–Crippen MR) is 77.2 cm³/mol. The third kappa shape index (κ3) is 7.32. The molecular weight excluding hydrogens is 316 g/mol. The van der Waals surface area contributed by atoms with Crippen LogP contribution in [0.3, 0.4) is 0 Å². The Morgan fingerprint density at radius 1 is 1.17 bits per heavy atom. The third-order valence-corrected chi connectivity index (χ3v) is 2.62. The van der Waals surface area contributed by atoms with Gasteiger partial charge in [-0.1, -0.05) is 12.1 Å². The van der Waals surface area contributed by atoms with Crippen LogP contribution in [0, 0.1) is 11.6 Å². The summed E-state index contributed by atoms with van der Waals surface area (Å²) < 4.78 is 58.4. The summed E-state index contributed by atoms with van der Waals surface area (Å²) in [7, 11) is 0. The Morgan fingerprint density at radius 2 is 1.83 bits per heavy atom. The maximum absolute atomic E-state index is 13.6. The number of hydrogen-bond donors (Lipinski definition) is 2. The number of carbonyl (C=O) groups is 1. The van der Waals surface area contributed by atoms with Gasteiger partial charge in [-0.3, -0.25) is 0 Å². The highest BCUT2D eigenvalue weighted by atomic mass is 19.3. The number of amides is 1. The second kappa shape index (κ2) is 7.63. The van der Waals surface area contributed by atoms with Crippen molar-refractivity contribution in [1.82, 2.24) is 10.6 Å². The lowest BCUT2D eigenvalue weighted by atomic mass is 10.2. The Balaban J connectivity index is 2.41. The molecule has 0 heterocycles. The summed E-state index contributed by atoms with van der Waals surface area (Å²) in [5.41, 5.74) is -0.840. The molecule has 2 N–H and O–H groups in total. The molecule has 0 bridgehead atoms. The van der Waals surface area contributed by atoms with Crippen molar-refractivity contribution in [1.29, 1.82) is 0 Å². The Morgan fingerprint density at radius 3 is 2.43 bits per heavy atom. The minimum atomic E-state index is -3.26. The van der Waals surface area contributed by atoms with E-state index in [-0.39, 0.29) is 12.1 Å². The molecule has 0 aliphatic heterocycles. The smallest absolute Gasteiger partial charge is 0.407 e. The van der Waals surface area contributed by atoms with E-state index in [2.05, 4.69) is 5.32 Å². The molecule has 1 amide bonds. The van der Waals surface area contributed by atoms with E-state index < -0.39 is 42.3 Å². The zero-order valence-corrected chi connectivity index (χ0v) is 13.2. The second-order valence-corrected chi connectivity index (χ2v) is 6.03. The quantitative estimate of drug-likeness (QED) is 0.785. The monoisotopic (exact) mass is 336 g/mol. The summed E-state index contributed by atoms with van der Waals surface area (Å²) in [6.45, 7) is 2.84. The predicted octanol–water partition coefficient (Wildman–Crippen LogP) is 3.21. The molecule has 0 aliphatic carbocycles. The number of rotatable bonds is 6. The molecule has 0 atom stereocenters. The van der Waals surface area contributed by atoms with Gasteiger partial charge in [-0.25, -0.2) is 22.4 Å². The standard InChI is InChI=1S/C15H20F4N2O2/c1-14(2,3)23-13(22)21-9-15(18,19)8-20-7-10-5-4-6-11(16)12(10)17/h4-6,20H,7-9H2,1-3H3,(H,21,22). The fraction of sp³-hybridized carbons (Fsp3) is 0.533. The molecular formula is C15H20F4N2O2. The van der Waals surface area contributed by atoms with Crippen LogP contribution in [0.4, 0.5) is 22.4 Å². The Kier molecular flexibility index (Phi) is 6.37. The van der Waals surface area contributed by atoms with E-state index in [1.54, 1.807) is 20.8 Å². The highest BCUT2D eigenvalue weighted by Gasteiger charge is 2.30. The number of alkyl carbamates (subject to hydrolysis) is 1. The summed E-state index contributed by atoms with van der Waals surface area (Å²) in [5, 5.41) is 4.30. The van der Waals surface area contributed by atoms with Gasteiger partial charge >= 0.3 is 6.09 Å². The minimum Gasteiger partial charge on any atom is -0.444 e. The summed E-state index contributed by atoms with van der Waals surface area (Å²) in [6.07, 6.45) is -0.951. The van der Waals surface area contributed by atoms with Gasteiger partial charge in [0.25, 0.3) is 5.92 Å². The van der Waals surface area contributed by atoms with Crippen molar-refractivity contribution in [3.8, 4) is 0 Å². The van der Waals surface area contributed by atoms with Gasteiger partial charge in [0.2, 0.25) is 0 Å². The van der Waals surface area contributed by atoms with Gasteiger partial charge in [0.15, 0.2) is 11.6 Å². The third-order valence-electron chi connectivity index (χ3n) is 2.62. The van der Waals surface area contributed by atoms with Gasteiger partial charge in [0.1, 0.15) is 5.60 Å². The number of alkyl halides is 2. The van der Waals surface area contributed by atoms with Crippen LogP contribution in [0.2, 0.25) is 0 Å². The molecule has 23 heavy (non-hydrogen) atoms. The van der Waals surface area contributed by atoms with E-state index in [0.717, 1.165) is 6.07 Å². The molecule has 0 saturated carbocycles. The molecule has 1 aromatic rings. The average Bonchev–Trinajstić information content (AvgIpc) is 2.39. The van der Waals surface area contributed by atoms with E-state index in [1.807, 2.05) is 5.32 Å². The van der Waals surface area contributed by atoms with Crippen LogP contribution in [0.25, 0.3) is 0 Å². The lowest BCUT2D eigenvalue weighted by Crippen LogP contribution is -2.44. The highest BCUT2D eigenvalue weighted by Crippen LogP contribution is 2.14. The largest absolute Gasteiger partial charge is 0.444 e. The molecule has 4 nitrogen and oxygen atoms in total. The van der Waals surface area contributed by atoms with Crippen LogP contribution >= 0.6 is 0 Å². The summed E-state index contributed by atoms with van der Waals surface area (Å²) in [5.74, 6) is -5.38. The van der Waals surface area contributed by atoms with Crippen LogP contribution in [0.5, 0.6) is 0 Å². The molecule has 0 aromatic heterocycles. The molecule has 0 saturated heterocycles. The van der Waals surface area contributed by atoms with Crippen LogP contribution in [-0.2, 0) is 11.3 Å². The molecule has 130 valence electrons. The number of benzene rings is 1. The topological polar surface area (TPSA) is 50.4 Å². The van der Waals surface area contributed by atoms with E-state index in [0.29, 0.717) is 0 Å². The second-order valence-electron chi connectivity index (χ2n) is 6.03. The normalized spacial score (nSPS) is 12.1. The first-order chi connectivity index (χ1) is 10.5. The zero-order valence-electron chi connectivity index (χ0n) is 13.2. The van der Waals surface area contributed by atoms with Gasteiger partial charge < -0.3 is 15.4 Å². The lowest BCUT2D eigenvalue weighted by molar-refractivity contribution is -0.00381. The Labute approximate surface area is 132 Å². The first-order valence-corrected chi connectivity index (χ1v) is 6.98. The fourth-order valence-electron chi connectivity index (χ4n) is 1.64. The van der Waals surface area contributed by atoms with Crippen molar-refractivity contribution in [2.75, 3.05) is 13.1 Å². The van der Waals surface area contributed by atoms with E-state index >= 15 is 0 Å². The van der Waals surface area contributed by atoms with Gasteiger partial charge in [-0.05, 0) is 26.8 Å². The van der Waals surface area contributed by atoms with Crippen LogP contribution in [-0.4, -0.2) is 30.7 Å². The van der Waals surface area contributed by atoms with E-state index in [1.165, 1.54) is 12.1 Å². The van der Waals surface area contributed by atoms with Crippen molar-refractivity contribution in [3.63, 3.8) is 0 Å². The lowest BCUT2D eigenvalue weighted by Gasteiger charge is -2.22. The highest BCUT2D eigenvalue weighted by molar-refractivity contribution is 5.67. The zero-order chi connectivity index (χ0) is 17.7. The maximum Gasteiger partial charge on any atom is 0.407 e. The van der Waals surface area contributed by atoms with E-state index in [4.69, 9.17) is 4.74 Å². The van der Waals surface area contributed by atoms with Crippen molar-refractivity contribution in [3.05, 3.63) is 35.4 Å². The summed E-state index contributed by atoms with van der Waals surface area (Å²) >= 11 is 0. The van der Waals surface area contributed by atoms with Crippen molar-refractivity contribution in [2.24, 2.45) is 0 Å². The molecule has 0 spiro atoms.